The Balaban J connectivity index is 1.77. The first-order valence-corrected chi connectivity index (χ1v) is 8.47. The maximum atomic E-state index is 12.9. The number of aromatic nitrogens is 2. The van der Waals surface area contributed by atoms with Gasteiger partial charge in [-0.05, 0) is 42.0 Å². The number of carbonyl (C=O) groups is 1. The largest absolute Gasteiger partial charge is 0.497 e. The van der Waals surface area contributed by atoms with E-state index < -0.39 is 23.6 Å². The van der Waals surface area contributed by atoms with Crippen LogP contribution in [0.4, 0.5) is 13.2 Å². The van der Waals surface area contributed by atoms with Gasteiger partial charge in [-0.15, -0.1) is 5.10 Å². The molecule has 0 unspecified atom stereocenters. The van der Waals surface area contributed by atoms with Crippen LogP contribution in [0.15, 0.2) is 48.5 Å². The smallest absolute Gasteiger partial charge is 0.416 e. The molecule has 1 aromatic heterocycles. The molecule has 0 radical (unpaired) electrons. The lowest BCUT2D eigenvalue weighted by molar-refractivity contribution is -0.138. The van der Waals surface area contributed by atoms with E-state index in [1.807, 2.05) is 12.1 Å². The third-order valence-corrected chi connectivity index (χ3v) is 4.72. The van der Waals surface area contributed by atoms with Crippen LogP contribution in [0.5, 0.6) is 11.6 Å². The molecule has 0 amide bonds. The second-order valence-electron chi connectivity index (χ2n) is 6.40. The van der Waals surface area contributed by atoms with E-state index in [1.54, 1.807) is 19.2 Å². The Morgan fingerprint density at radius 1 is 1.11 bits per heavy atom. The normalized spacial score (nSPS) is 16.4. The monoisotopic (exact) mass is 388 g/mol. The highest BCUT2D eigenvalue weighted by Crippen LogP contribution is 2.43. The van der Waals surface area contributed by atoms with Crippen LogP contribution >= 0.6 is 0 Å². The average Bonchev–Trinajstić information content (AvgIpc) is 3.10. The number of nitrogens with zero attached hydrogens (tertiary/aromatic N) is 1. The van der Waals surface area contributed by atoms with Crippen molar-refractivity contribution in [1.29, 1.82) is 0 Å². The van der Waals surface area contributed by atoms with Crippen LogP contribution in [0, 0.1) is 0 Å². The Bertz CT molecular complexity index is 1010. The molecule has 1 N–H and O–H groups in total. The number of hydrogen-bond acceptors (Lipinski definition) is 4. The van der Waals surface area contributed by atoms with Crippen molar-refractivity contribution in [3.63, 3.8) is 0 Å². The zero-order valence-corrected chi connectivity index (χ0v) is 14.7. The average molecular weight is 388 g/mol. The highest BCUT2D eigenvalue weighted by atomic mass is 19.4. The number of aromatic amines is 1. The first-order chi connectivity index (χ1) is 13.4. The van der Waals surface area contributed by atoms with Gasteiger partial charge >= 0.3 is 12.1 Å². The fraction of sp³-hybridized carbons (Fsp3) is 0.200. The molecule has 8 heteroatoms. The number of H-pyrrole nitrogens is 1. The third-order valence-electron chi connectivity index (χ3n) is 4.72. The quantitative estimate of drug-likeness (QED) is 0.669. The van der Waals surface area contributed by atoms with Crippen molar-refractivity contribution in [2.24, 2.45) is 0 Å². The van der Waals surface area contributed by atoms with Crippen LogP contribution in [0.25, 0.3) is 11.3 Å². The molecule has 5 nitrogen and oxygen atoms in total. The predicted molar refractivity (Wildman–Crippen MR) is 94.1 cm³/mol. The van der Waals surface area contributed by atoms with Gasteiger partial charge in [0.2, 0.25) is 5.88 Å². The van der Waals surface area contributed by atoms with Crippen LogP contribution in [-0.2, 0) is 11.0 Å². The summed E-state index contributed by atoms with van der Waals surface area (Å²) < 4.78 is 49.0. The molecule has 3 aromatic rings. The van der Waals surface area contributed by atoms with Gasteiger partial charge in [-0.2, -0.15) is 13.2 Å². The number of methoxy groups -OCH3 is 1. The lowest BCUT2D eigenvalue weighted by atomic mass is 9.85. The number of carbonyl (C=O) groups excluding carboxylic acids is 1. The number of hydrogen-bond donors (Lipinski definition) is 1. The molecule has 0 spiro atoms. The van der Waals surface area contributed by atoms with Crippen LogP contribution in [0.2, 0.25) is 0 Å². The molecular formula is C20H15F3N2O3. The number of halogens is 3. The van der Waals surface area contributed by atoms with E-state index in [9.17, 15) is 18.0 Å². The molecule has 0 fully saturated rings. The minimum absolute atomic E-state index is 0.0149. The summed E-state index contributed by atoms with van der Waals surface area (Å²) in [4.78, 5) is 12.0. The molecule has 28 heavy (non-hydrogen) atoms. The summed E-state index contributed by atoms with van der Waals surface area (Å²) in [5, 5.41) is 6.96. The van der Waals surface area contributed by atoms with Crippen LogP contribution in [0.1, 0.15) is 29.0 Å². The summed E-state index contributed by atoms with van der Waals surface area (Å²) in [5.41, 5.74) is 1.93. The number of benzene rings is 2. The SMILES string of the molecule is COc1ccc(-c2[nH]nc3c2[C@@H](c2ccc(C(F)(F)F)cc2)CC(=O)O3)cc1. The van der Waals surface area contributed by atoms with E-state index in [4.69, 9.17) is 9.47 Å². The number of nitrogens with one attached hydrogen (secondary N) is 1. The molecule has 1 aliphatic heterocycles. The molecule has 2 heterocycles. The van der Waals surface area contributed by atoms with Gasteiger partial charge < -0.3 is 9.47 Å². The van der Waals surface area contributed by atoms with Crippen molar-refractivity contribution in [2.75, 3.05) is 7.11 Å². The molecular weight excluding hydrogens is 373 g/mol. The maximum Gasteiger partial charge on any atom is 0.416 e. The van der Waals surface area contributed by atoms with Gasteiger partial charge in [-0.1, -0.05) is 12.1 Å². The number of esters is 1. The summed E-state index contributed by atoms with van der Waals surface area (Å²) in [6, 6.07) is 12.0. The van der Waals surface area contributed by atoms with E-state index in [-0.39, 0.29) is 12.3 Å². The molecule has 0 saturated carbocycles. The highest BCUT2D eigenvalue weighted by molar-refractivity contribution is 5.80. The summed E-state index contributed by atoms with van der Waals surface area (Å²) in [6.07, 6.45) is -4.40. The Kier molecular flexibility index (Phi) is 4.33. The van der Waals surface area contributed by atoms with Gasteiger partial charge in [0, 0.05) is 11.5 Å². The Hall–Kier alpha value is -3.29. The van der Waals surface area contributed by atoms with Gasteiger partial charge in [0.05, 0.1) is 30.4 Å². The van der Waals surface area contributed by atoms with E-state index >= 15 is 0 Å². The molecule has 144 valence electrons. The molecule has 2 aromatic carbocycles. The summed E-state index contributed by atoms with van der Waals surface area (Å²) in [6.45, 7) is 0. The fourth-order valence-corrected chi connectivity index (χ4v) is 3.32. The van der Waals surface area contributed by atoms with Crippen molar-refractivity contribution in [2.45, 2.75) is 18.5 Å². The molecule has 4 rings (SSSR count). The Morgan fingerprint density at radius 3 is 2.39 bits per heavy atom. The van der Waals surface area contributed by atoms with Gasteiger partial charge in [-0.25, -0.2) is 0 Å². The lowest BCUT2D eigenvalue weighted by Gasteiger charge is -2.23. The number of alkyl halides is 3. The summed E-state index contributed by atoms with van der Waals surface area (Å²) >= 11 is 0. The van der Waals surface area contributed by atoms with Crippen LogP contribution in [0.3, 0.4) is 0 Å². The molecule has 0 bridgehead atoms. The highest BCUT2D eigenvalue weighted by Gasteiger charge is 2.35. The molecule has 0 aliphatic carbocycles. The van der Waals surface area contributed by atoms with E-state index in [2.05, 4.69) is 10.2 Å². The van der Waals surface area contributed by atoms with Crippen LogP contribution < -0.4 is 9.47 Å². The topological polar surface area (TPSA) is 64.2 Å². The Labute approximate surface area is 158 Å². The number of rotatable bonds is 3. The van der Waals surface area contributed by atoms with Crippen molar-refractivity contribution in [1.82, 2.24) is 10.2 Å². The second kappa shape index (κ2) is 6.70. The number of fused-ring (bicyclic) bond motifs is 1. The Morgan fingerprint density at radius 2 is 1.79 bits per heavy atom. The first kappa shape index (κ1) is 18.1. The second-order valence-corrected chi connectivity index (χ2v) is 6.40. The van der Waals surface area contributed by atoms with E-state index in [1.165, 1.54) is 12.1 Å². The van der Waals surface area contributed by atoms with Gasteiger partial charge in [0.1, 0.15) is 5.75 Å². The maximum absolute atomic E-state index is 12.9. The number of ether oxygens (including phenoxy) is 2. The lowest BCUT2D eigenvalue weighted by Crippen LogP contribution is -2.21. The van der Waals surface area contributed by atoms with Gasteiger partial charge in [0.25, 0.3) is 0 Å². The van der Waals surface area contributed by atoms with Gasteiger partial charge in [-0.3, -0.25) is 9.89 Å². The summed E-state index contributed by atoms with van der Waals surface area (Å²) in [7, 11) is 1.56. The van der Waals surface area contributed by atoms with Crippen molar-refractivity contribution < 1.29 is 27.4 Å². The van der Waals surface area contributed by atoms with E-state index in [0.29, 0.717) is 22.6 Å². The van der Waals surface area contributed by atoms with Gasteiger partial charge in [0.15, 0.2) is 0 Å². The summed E-state index contributed by atoms with van der Waals surface area (Å²) in [5.74, 6) is -0.116. The molecule has 1 atom stereocenters. The molecule has 1 aliphatic rings. The third kappa shape index (κ3) is 3.21. The zero-order valence-electron chi connectivity index (χ0n) is 14.7. The minimum Gasteiger partial charge on any atom is -0.497 e. The van der Waals surface area contributed by atoms with Crippen molar-refractivity contribution >= 4 is 5.97 Å². The molecule has 0 saturated heterocycles. The zero-order chi connectivity index (χ0) is 19.9. The predicted octanol–water partition coefficient (Wildman–Crippen LogP) is 4.55. The van der Waals surface area contributed by atoms with E-state index in [0.717, 1.165) is 17.7 Å². The van der Waals surface area contributed by atoms with Crippen molar-refractivity contribution in [3.8, 4) is 22.9 Å². The van der Waals surface area contributed by atoms with Crippen LogP contribution in [-0.4, -0.2) is 23.3 Å². The minimum atomic E-state index is -4.42. The standard InChI is InChI=1S/C20H15F3N2O3/c1-27-14-8-4-12(5-9-14)18-17-15(10-16(26)28-19(17)25-24-18)11-2-6-13(7-3-11)20(21,22)23/h2-9,15H,10H2,1H3,(H,24,25)/t15-/m1/s1. The first-order valence-electron chi connectivity index (χ1n) is 8.47. The fourth-order valence-electron chi connectivity index (χ4n) is 3.32. The van der Waals surface area contributed by atoms with Crippen molar-refractivity contribution in [3.05, 3.63) is 65.2 Å².